The van der Waals surface area contributed by atoms with Gasteiger partial charge in [-0.3, -0.25) is 14.2 Å². The number of carbonyl (C=O) groups is 2. The lowest BCUT2D eigenvalue weighted by atomic mass is 10.2. The largest absolute Gasteiger partial charge is 0.480 e. The Bertz CT molecular complexity index is 449. The Morgan fingerprint density at radius 2 is 2.16 bits per heavy atom. The molecule has 1 heterocycles. The maximum atomic E-state index is 11.9. The zero-order chi connectivity index (χ0) is 14.4. The smallest absolute Gasteiger partial charge is 0.320 e. The van der Waals surface area contributed by atoms with E-state index in [1.54, 1.807) is 11.8 Å². The number of hydrogen-bond donors (Lipinski definition) is 3. The summed E-state index contributed by atoms with van der Waals surface area (Å²) in [5, 5.41) is 8.70. The first-order valence-electron chi connectivity index (χ1n) is 5.75. The molecule has 7 nitrogen and oxygen atoms in total. The van der Waals surface area contributed by atoms with E-state index < -0.39 is 18.1 Å². The number of nitrogens with two attached hydrogens (primary N) is 2. The highest BCUT2D eigenvalue weighted by Gasteiger charge is 2.18. The van der Waals surface area contributed by atoms with E-state index in [1.807, 2.05) is 6.26 Å². The zero-order valence-electron chi connectivity index (χ0n) is 10.7. The number of carboxylic acid groups (broad SMARTS) is 1. The Morgan fingerprint density at radius 1 is 1.47 bits per heavy atom. The summed E-state index contributed by atoms with van der Waals surface area (Å²) in [6.45, 7) is 0. The summed E-state index contributed by atoms with van der Waals surface area (Å²) < 4.78 is 1.29. The van der Waals surface area contributed by atoms with Crippen LogP contribution in [0.1, 0.15) is 16.9 Å². The molecule has 5 N–H and O–H groups in total. The first-order chi connectivity index (χ1) is 8.95. The fraction of sp³-hybridized carbons (Fsp3) is 0.545. The Hall–Kier alpha value is -1.38. The van der Waals surface area contributed by atoms with Gasteiger partial charge >= 0.3 is 5.97 Å². The molecule has 0 aliphatic heterocycles. The number of nitrogens with zero attached hydrogens (tertiary/aromatic N) is 2. The van der Waals surface area contributed by atoms with Gasteiger partial charge in [-0.15, -0.1) is 0 Å². The molecule has 0 aliphatic rings. The normalized spacial score (nSPS) is 14.1. The Labute approximate surface area is 115 Å². The van der Waals surface area contributed by atoms with Crippen LogP contribution in [0.2, 0.25) is 0 Å². The lowest BCUT2D eigenvalue weighted by Crippen LogP contribution is -2.34. The van der Waals surface area contributed by atoms with Gasteiger partial charge in [0, 0.05) is 12.6 Å². The SMILES string of the molecule is CSCCC(N)C(=O)n1cnc(C[C@H](N)C(=O)O)c1. The van der Waals surface area contributed by atoms with Crippen LogP contribution in [-0.2, 0) is 11.2 Å². The predicted molar refractivity (Wildman–Crippen MR) is 73.1 cm³/mol. The van der Waals surface area contributed by atoms with Crippen LogP contribution in [0.25, 0.3) is 0 Å². The number of carboxylic acids is 1. The lowest BCUT2D eigenvalue weighted by Gasteiger charge is -2.09. The van der Waals surface area contributed by atoms with E-state index >= 15 is 0 Å². The molecule has 1 rings (SSSR count). The number of imidazole rings is 1. The molecular weight excluding hydrogens is 268 g/mol. The molecule has 19 heavy (non-hydrogen) atoms. The lowest BCUT2D eigenvalue weighted by molar-refractivity contribution is -0.138. The van der Waals surface area contributed by atoms with Crippen molar-refractivity contribution in [1.29, 1.82) is 0 Å². The molecule has 1 unspecified atom stereocenters. The Balaban J connectivity index is 2.63. The van der Waals surface area contributed by atoms with Gasteiger partial charge in [0.1, 0.15) is 12.4 Å². The third-order valence-electron chi connectivity index (χ3n) is 2.59. The van der Waals surface area contributed by atoms with E-state index in [0.717, 1.165) is 5.75 Å². The van der Waals surface area contributed by atoms with Crippen LogP contribution in [0.4, 0.5) is 0 Å². The van der Waals surface area contributed by atoms with E-state index in [1.165, 1.54) is 17.1 Å². The monoisotopic (exact) mass is 286 g/mol. The van der Waals surface area contributed by atoms with Crippen molar-refractivity contribution in [2.24, 2.45) is 11.5 Å². The van der Waals surface area contributed by atoms with Gasteiger partial charge < -0.3 is 16.6 Å². The third kappa shape index (κ3) is 4.66. The zero-order valence-corrected chi connectivity index (χ0v) is 11.5. The predicted octanol–water partition coefficient (Wildman–Crippen LogP) is -0.442. The quantitative estimate of drug-likeness (QED) is 0.620. The Kier molecular flexibility index (Phi) is 6.00. The standard InChI is InChI=1S/C11H18N4O3S/c1-19-3-2-8(12)10(16)15-5-7(14-6-15)4-9(13)11(17)18/h5-6,8-9H,2-4,12-13H2,1H3,(H,17,18)/t8?,9-/m0/s1. The molecule has 0 saturated heterocycles. The molecule has 106 valence electrons. The van der Waals surface area contributed by atoms with Crippen LogP contribution >= 0.6 is 11.8 Å². The molecule has 0 aromatic carbocycles. The van der Waals surface area contributed by atoms with Crippen LogP contribution in [0, 0.1) is 0 Å². The van der Waals surface area contributed by atoms with E-state index in [2.05, 4.69) is 4.98 Å². The average Bonchev–Trinajstić information content (AvgIpc) is 2.83. The van der Waals surface area contributed by atoms with Gasteiger partial charge in [0.05, 0.1) is 11.7 Å². The van der Waals surface area contributed by atoms with Crippen LogP contribution in [0.3, 0.4) is 0 Å². The number of hydrogen-bond acceptors (Lipinski definition) is 6. The van der Waals surface area contributed by atoms with Gasteiger partial charge in [-0.2, -0.15) is 11.8 Å². The van der Waals surface area contributed by atoms with E-state index in [0.29, 0.717) is 12.1 Å². The minimum Gasteiger partial charge on any atom is -0.480 e. The van der Waals surface area contributed by atoms with Crippen LogP contribution in [0.5, 0.6) is 0 Å². The number of aromatic nitrogens is 2. The van der Waals surface area contributed by atoms with Crippen LogP contribution in [-0.4, -0.2) is 50.6 Å². The third-order valence-corrected chi connectivity index (χ3v) is 3.23. The second-order valence-electron chi connectivity index (χ2n) is 4.15. The number of thioether (sulfide) groups is 1. The van der Waals surface area contributed by atoms with Gasteiger partial charge in [0.15, 0.2) is 0 Å². The highest BCUT2D eigenvalue weighted by atomic mass is 32.2. The summed E-state index contributed by atoms with van der Waals surface area (Å²) >= 11 is 1.62. The van der Waals surface area contributed by atoms with E-state index in [-0.39, 0.29) is 12.3 Å². The van der Waals surface area contributed by atoms with Gasteiger partial charge in [-0.25, -0.2) is 4.98 Å². The molecule has 1 aromatic heterocycles. The summed E-state index contributed by atoms with van der Waals surface area (Å²) in [7, 11) is 0. The molecule has 2 atom stereocenters. The second kappa shape index (κ2) is 7.27. The molecule has 0 amide bonds. The second-order valence-corrected chi connectivity index (χ2v) is 5.13. The molecule has 0 aliphatic carbocycles. The summed E-state index contributed by atoms with van der Waals surface area (Å²) in [4.78, 5) is 26.5. The summed E-state index contributed by atoms with van der Waals surface area (Å²) in [5.74, 6) is -0.549. The van der Waals surface area contributed by atoms with Crippen molar-refractivity contribution in [2.75, 3.05) is 12.0 Å². The molecule has 0 radical (unpaired) electrons. The first-order valence-corrected chi connectivity index (χ1v) is 7.15. The van der Waals surface area contributed by atoms with Gasteiger partial charge in [-0.1, -0.05) is 0 Å². The molecule has 1 aromatic rings. The summed E-state index contributed by atoms with van der Waals surface area (Å²) in [5.41, 5.74) is 11.6. The summed E-state index contributed by atoms with van der Waals surface area (Å²) in [6.07, 6.45) is 5.42. The molecule has 0 fully saturated rings. The van der Waals surface area contributed by atoms with Gasteiger partial charge in [0.2, 0.25) is 5.91 Å². The number of carbonyl (C=O) groups excluding carboxylic acids is 1. The van der Waals surface area contributed by atoms with Crippen molar-refractivity contribution < 1.29 is 14.7 Å². The molecular formula is C11H18N4O3S. The fourth-order valence-electron chi connectivity index (χ4n) is 1.46. The Morgan fingerprint density at radius 3 is 2.74 bits per heavy atom. The maximum absolute atomic E-state index is 11.9. The fourth-order valence-corrected chi connectivity index (χ4v) is 1.95. The van der Waals surface area contributed by atoms with Crippen molar-refractivity contribution in [3.8, 4) is 0 Å². The van der Waals surface area contributed by atoms with Crippen molar-refractivity contribution >= 4 is 23.6 Å². The molecule has 8 heteroatoms. The van der Waals surface area contributed by atoms with Crippen LogP contribution in [0.15, 0.2) is 12.5 Å². The van der Waals surface area contributed by atoms with Gasteiger partial charge in [-0.05, 0) is 18.4 Å². The topological polar surface area (TPSA) is 124 Å². The van der Waals surface area contributed by atoms with Crippen molar-refractivity contribution in [2.45, 2.75) is 24.9 Å². The van der Waals surface area contributed by atoms with Crippen molar-refractivity contribution in [3.63, 3.8) is 0 Å². The van der Waals surface area contributed by atoms with Crippen molar-refractivity contribution in [3.05, 3.63) is 18.2 Å². The molecule has 0 bridgehead atoms. The molecule has 0 saturated carbocycles. The van der Waals surface area contributed by atoms with Crippen LogP contribution < -0.4 is 11.5 Å². The van der Waals surface area contributed by atoms with Gasteiger partial charge in [0.25, 0.3) is 0 Å². The van der Waals surface area contributed by atoms with E-state index in [9.17, 15) is 9.59 Å². The van der Waals surface area contributed by atoms with Crippen molar-refractivity contribution in [1.82, 2.24) is 9.55 Å². The number of aliphatic carboxylic acids is 1. The maximum Gasteiger partial charge on any atom is 0.320 e. The molecule has 0 spiro atoms. The number of rotatable bonds is 7. The minimum absolute atomic E-state index is 0.0790. The highest BCUT2D eigenvalue weighted by molar-refractivity contribution is 7.98. The minimum atomic E-state index is -1.10. The summed E-state index contributed by atoms with van der Waals surface area (Å²) in [6, 6.07) is -1.61. The van der Waals surface area contributed by atoms with E-state index in [4.69, 9.17) is 16.6 Å². The highest BCUT2D eigenvalue weighted by Crippen LogP contribution is 2.04. The average molecular weight is 286 g/mol. The first kappa shape index (κ1) is 15.7.